The molecule has 1 fully saturated rings. The third-order valence-electron chi connectivity index (χ3n) is 4.95. The number of piperidine rings is 1. The van der Waals surface area contributed by atoms with Gasteiger partial charge in [0.25, 0.3) is 0 Å². The van der Waals surface area contributed by atoms with E-state index in [2.05, 4.69) is 13.8 Å². The number of rotatable bonds is 5. The lowest BCUT2D eigenvalue weighted by atomic mass is 9.94. The van der Waals surface area contributed by atoms with Crippen molar-refractivity contribution in [3.63, 3.8) is 0 Å². The van der Waals surface area contributed by atoms with Crippen LogP contribution in [0.1, 0.15) is 32.3 Å². The number of methoxy groups -OCH3 is 1. The van der Waals surface area contributed by atoms with E-state index in [1.807, 2.05) is 23.1 Å². The van der Waals surface area contributed by atoms with E-state index in [9.17, 15) is 4.79 Å². The number of hydrogen-bond donors (Lipinski definition) is 0. The molecule has 0 bridgehead atoms. The normalized spacial score (nSPS) is 21.0. The predicted molar refractivity (Wildman–Crippen MR) is 96.1 cm³/mol. The van der Waals surface area contributed by atoms with Gasteiger partial charge in [-0.15, -0.1) is 0 Å². The van der Waals surface area contributed by atoms with Gasteiger partial charge in [0.2, 0.25) is 5.91 Å². The molecule has 0 unspecified atom stereocenters. The topological polar surface area (TPSA) is 48.0 Å². The lowest BCUT2D eigenvalue weighted by molar-refractivity contribution is -0.139. The van der Waals surface area contributed by atoms with E-state index >= 15 is 0 Å². The molecule has 0 aliphatic carbocycles. The average molecular weight is 347 g/mol. The smallest absolute Gasteiger partial charge is 0.229 e. The Bertz CT molecular complexity index is 593. The first-order valence-corrected chi connectivity index (χ1v) is 9.27. The minimum atomic E-state index is -0.0889. The van der Waals surface area contributed by atoms with Crippen LogP contribution in [0.3, 0.4) is 0 Å². The third kappa shape index (κ3) is 4.46. The first-order chi connectivity index (χ1) is 12.1. The monoisotopic (exact) mass is 347 g/mol. The van der Waals surface area contributed by atoms with Gasteiger partial charge in [-0.25, -0.2) is 0 Å². The summed E-state index contributed by atoms with van der Waals surface area (Å²) >= 11 is 0. The Hall–Kier alpha value is -1.75. The molecule has 1 aromatic rings. The molecule has 1 saturated heterocycles. The highest BCUT2D eigenvalue weighted by Crippen LogP contribution is 2.32. The molecule has 0 N–H and O–H groups in total. The predicted octanol–water partition coefficient (Wildman–Crippen LogP) is 2.91. The van der Waals surface area contributed by atoms with Gasteiger partial charge in [0.05, 0.1) is 19.1 Å². The van der Waals surface area contributed by atoms with Crippen LogP contribution in [0.4, 0.5) is 0 Å². The molecule has 5 nitrogen and oxygen atoms in total. The number of likely N-dealkylation sites (tertiary alicyclic amines) is 1. The lowest BCUT2D eigenvalue weighted by Crippen LogP contribution is -2.46. The van der Waals surface area contributed by atoms with Crippen molar-refractivity contribution in [2.75, 3.05) is 33.4 Å². The summed E-state index contributed by atoms with van der Waals surface area (Å²) in [6, 6.07) is 5.82. The number of fused-ring (bicyclic) bond motifs is 1. The molecular formula is C20H29NO4. The van der Waals surface area contributed by atoms with Crippen LogP contribution in [0.5, 0.6) is 11.5 Å². The van der Waals surface area contributed by atoms with Crippen LogP contribution in [0.25, 0.3) is 0 Å². The van der Waals surface area contributed by atoms with Crippen molar-refractivity contribution in [1.29, 1.82) is 0 Å². The first kappa shape index (κ1) is 18.1. The fourth-order valence-corrected chi connectivity index (χ4v) is 3.47. The molecule has 0 spiro atoms. The van der Waals surface area contributed by atoms with Gasteiger partial charge < -0.3 is 19.1 Å². The van der Waals surface area contributed by atoms with Gasteiger partial charge >= 0.3 is 0 Å². The van der Waals surface area contributed by atoms with Gasteiger partial charge in [0.15, 0.2) is 0 Å². The quantitative estimate of drug-likeness (QED) is 0.822. The van der Waals surface area contributed by atoms with Gasteiger partial charge in [-0.3, -0.25) is 4.79 Å². The van der Waals surface area contributed by atoms with Crippen molar-refractivity contribution >= 4 is 5.91 Å². The number of carbonyl (C=O) groups is 1. The van der Waals surface area contributed by atoms with Gasteiger partial charge in [-0.2, -0.15) is 0 Å². The molecule has 138 valence electrons. The van der Waals surface area contributed by atoms with E-state index in [0.29, 0.717) is 18.6 Å². The first-order valence-electron chi connectivity index (χ1n) is 9.27. The highest BCUT2D eigenvalue weighted by atomic mass is 16.5. The summed E-state index contributed by atoms with van der Waals surface area (Å²) in [6.45, 7) is 7.14. The maximum absolute atomic E-state index is 12.8. The average Bonchev–Trinajstić information content (AvgIpc) is 2.65. The Balaban J connectivity index is 1.52. The number of hydrogen-bond acceptors (Lipinski definition) is 4. The summed E-state index contributed by atoms with van der Waals surface area (Å²) < 4.78 is 17.0. The number of ether oxygens (including phenoxy) is 3. The van der Waals surface area contributed by atoms with E-state index < -0.39 is 0 Å². The summed E-state index contributed by atoms with van der Waals surface area (Å²) in [5.41, 5.74) is 1.08. The Kier molecular flexibility index (Phi) is 5.84. The Labute approximate surface area is 150 Å². The summed E-state index contributed by atoms with van der Waals surface area (Å²) in [4.78, 5) is 14.8. The highest BCUT2D eigenvalue weighted by molar-refractivity contribution is 5.80. The van der Waals surface area contributed by atoms with Crippen molar-refractivity contribution in [1.82, 2.24) is 4.90 Å². The number of nitrogens with zero attached hydrogens (tertiary/aromatic N) is 1. The zero-order chi connectivity index (χ0) is 17.8. The van der Waals surface area contributed by atoms with E-state index in [-0.39, 0.29) is 11.8 Å². The van der Waals surface area contributed by atoms with Crippen LogP contribution >= 0.6 is 0 Å². The van der Waals surface area contributed by atoms with Crippen LogP contribution < -0.4 is 9.47 Å². The number of benzene rings is 1. The fourth-order valence-electron chi connectivity index (χ4n) is 3.47. The van der Waals surface area contributed by atoms with Crippen LogP contribution in [0, 0.1) is 11.8 Å². The Morgan fingerprint density at radius 1 is 1.32 bits per heavy atom. The van der Waals surface area contributed by atoms with Crippen LogP contribution in [0.15, 0.2) is 18.2 Å². The SMILES string of the molecule is COc1ccc2c(c1)OC[C@H](C(=O)N1CCC(OCC(C)C)CC1)C2. The Morgan fingerprint density at radius 2 is 2.08 bits per heavy atom. The van der Waals surface area contributed by atoms with Gasteiger partial charge in [0, 0.05) is 25.8 Å². The molecule has 1 atom stereocenters. The van der Waals surface area contributed by atoms with E-state index in [4.69, 9.17) is 14.2 Å². The highest BCUT2D eigenvalue weighted by Gasteiger charge is 2.32. The molecular weight excluding hydrogens is 318 g/mol. The van der Waals surface area contributed by atoms with Crippen LogP contribution in [-0.4, -0.2) is 50.3 Å². The zero-order valence-electron chi connectivity index (χ0n) is 15.5. The second kappa shape index (κ2) is 8.09. The second-order valence-electron chi connectivity index (χ2n) is 7.44. The molecule has 1 amide bonds. The molecule has 25 heavy (non-hydrogen) atoms. The van der Waals surface area contributed by atoms with Crippen LogP contribution in [0.2, 0.25) is 0 Å². The molecule has 1 aromatic carbocycles. The second-order valence-corrected chi connectivity index (χ2v) is 7.44. The molecule has 2 aliphatic rings. The molecule has 3 rings (SSSR count). The van der Waals surface area contributed by atoms with Crippen molar-refractivity contribution in [2.24, 2.45) is 11.8 Å². The number of carbonyl (C=O) groups excluding carboxylic acids is 1. The van der Waals surface area contributed by atoms with Crippen LogP contribution in [-0.2, 0) is 16.0 Å². The van der Waals surface area contributed by atoms with Gasteiger partial charge in [0.1, 0.15) is 18.1 Å². The maximum atomic E-state index is 12.8. The summed E-state index contributed by atoms with van der Waals surface area (Å²) in [5, 5.41) is 0. The third-order valence-corrected chi connectivity index (χ3v) is 4.95. The minimum absolute atomic E-state index is 0.0889. The van der Waals surface area contributed by atoms with Crippen molar-refractivity contribution in [3.8, 4) is 11.5 Å². The zero-order valence-corrected chi connectivity index (χ0v) is 15.5. The molecule has 0 saturated carbocycles. The van der Waals surface area contributed by atoms with E-state index in [1.54, 1.807) is 7.11 Å². The molecule has 0 aromatic heterocycles. The molecule has 2 heterocycles. The molecule has 0 radical (unpaired) electrons. The largest absolute Gasteiger partial charge is 0.497 e. The Morgan fingerprint density at radius 3 is 2.76 bits per heavy atom. The molecule has 2 aliphatic heterocycles. The fraction of sp³-hybridized carbons (Fsp3) is 0.650. The lowest BCUT2D eigenvalue weighted by Gasteiger charge is -2.35. The van der Waals surface area contributed by atoms with Gasteiger partial charge in [-0.1, -0.05) is 19.9 Å². The van der Waals surface area contributed by atoms with E-state index in [1.165, 1.54) is 0 Å². The van der Waals surface area contributed by atoms with Crippen molar-refractivity contribution < 1.29 is 19.0 Å². The van der Waals surface area contributed by atoms with Crippen molar-refractivity contribution in [3.05, 3.63) is 23.8 Å². The summed E-state index contributed by atoms with van der Waals surface area (Å²) in [5.74, 6) is 2.30. The van der Waals surface area contributed by atoms with E-state index in [0.717, 1.165) is 56.0 Å². The van der Waals surface area contributed by atoms with Crippen molar-refractivity contribution in [2.45, 2.75) is 39.2 Å². The van der Waals surface area contributed by atoms with Gasteiger partial charge in [-0.05, 0) is 36.8 Å². The minimum Gasteiger partial charge on any atom is -0.497 e. The number of amides is 1. The molecule has 5 heteroatoms. The standard InChI is InChI=1S/C20H29NO4/c1-14(2)12-24-17-6-8-21(9-7-17)20(22)16-10-15-4-5-18(23-3)11-19(15)25-13-16/h4-5,11,14,16-17H,6-10,12-13H2,1-3H3/t16-/m1/s1. The summed E-state index contributed by atoms with van der Waals surface area (Å²) in [6.07, 6.45) is 2.89. The maximum Gasteiger partial charge on any atom is 0.229 e. The summed E-state index contributed by atoms with van der Waals surface area (Å²) in [7, 11) is 1.64.